The summed E-state index contributed by atoms with van der Waals surface area (Å²) in [7, 11) is 0. The summed E-state index contributed by atoms with van der Waals surface area (Å²) in [6, 6.07) is 5.02. The Morgan fingerprint density at radius 2 is 2.30 bits per heavy atom. The first-order valence-electron chi connectivity index (χ1n) is 6.55. The van der Waals surface area contributed by atoms with E-state index in [1.165, 1.54) is 17.4 Å². The van der Waals surface area contributed by atoms with Gasteiger partial charge < -0.3 is 5.11 Å². The Kier molecular flexibility index (Phi) is 3.30. The zero-order chi connectivity index (χ0) is 14.3. The number of aliphatic carboxylic acids is 1. The molecule has 1 unspecified atom stereocenters. The number of thiazole rings is 1. The highest BCUT2D eigenvalue weighted by molar-refractivity contribution is 7.15. The highest BCUT2D eigenvalue weighted by Crippen LogP contribution is 2.38. The molecule has 20 heavy (non-hydrogen) atoms. The Bertz CT molecular complexity index is 681. The van der Waals surface area contributed by atoms with E-state index in [4.69, 9.17) is 0 Å². The Morgan fingerprint density at radius 3 is 3.00 bits per heavy atom. The van der Waals surface area contributed by atoms with Gasteiger partial charge >= 0.3 is 5.97 Å². The molecule has 0 radical (unpaired) electrons. The number of aromatic nitrogens is 1. The Labute approximate surface area is 120 Å². The summed E-state index contributed by atoms with van der Waals surface area (Å²) in [5.41, 5.74) is 1.99. The number of fused-ring (bicyclic) bond motifs is 1. The van der Waals surface area contributed by atoms with Crippen LogP contribution in [-0.4, -0.2) is 16.1 Å². The van der Waals surface area contributed by atoms with Gasteiger partial charge in [-0.2, -0.15) is 0 Å². The van der Waals surface area contributed by atoms with Crippen molar-refractivity contribution in [2.45, 2.75) is 32.1 Å². The quantitative estimate of drug-likeness (QED) is 0.916. The third kappa shape index (κ3) is 2.22. The maximum atomic E-state index is 13.6. The number of rotatable bonds is 2. The van der Waals surface area contributed by atoms with E-state index in [1.807, 2.05) is 6.07 Å². The molecule has 0 saturated heterocycles. The van der Waals surface area contributed by atoms with Crippen LogP contribution in [0.2, 0.25) is 0 Å². The van der Waals surface area contributed by atoms with Crippen molar-refractivity contribution in [3.63, 3.8) is 0 Å². The summed E-state index contributed by atoms with van der Waals surface area (Å²) in [6.07, 6.45) is 2.37. The molecular weight excluding hydrogens is 277 g/mol. The molecule has 0 fully saturated rings. The maximum absolute atomic E-state index is 13.6. The molecule has 0 spiro atoms. The number of hydrogen-bond acceptors (Lipinski definition) is 3. The van der Waals surface area contributed by atoms with Gasteiger partial charge in [-0.15, -0.1) is 11.3 Å². The molecule has 1 aromatic heterocycles. The van der Waals surface area contributed by atoms with Crippen molar-refractivity contribution < 1.29 is 14.3 Å². The van der Waals surface area contributed by atoms with E-state index in [2.05, 4.69) is 4.98 Å². The number of carbonyl (C=O) groups is 1. The normalized spacial score (nSPS) is 17.8. The SMILES string of the molecule is Cc1ccc(-c2nc3c(s2)CCCC3C(=O)O)cc1F. The molecule has 1 heterocycles. The van der Waals surface area contributed by atoms with Crippen molar-refractivity contribution in [2.75, 3.05) is 0 Å². The highest BCUT2D eigenvalue weighted by atomic mass is 32.1. The van der Waals surface area contributed by atoms with Crippen molar-refractivity contribution in [1.29, 1.82) is 0 Å². The second-order valence-corrected chi connectivity index (χ2v) is 6.16. The molecule has 1 aliphatic carbocycles. The van der Waals surface area contributed by atoms with E-state index in [0.717, 1.165) is 23.3 Å². The first-order valence-corrected chi connectivity index (χ1v) is 7.37. The van der Waals surface area contributed by atoms with Crippen molar-refractivity contribution >= 4 is 17.3 Å². The predicted molar refractivity (Wildman–Crippen MR) is 75.6 cm³/mol. The fourth-order valence-corrected chi connectivity index (χ4v) is 3.67. The van der Waals surface area contributed by atoms with Crippen LogP contribution in [0.15, 0.2) is 18.2 Å². The van der Waals surface area contributed by atoms with Crippen LogP contribution in [0, 0.1) is 12.7 Å². The van der Waals surface area contributed by atoms with Crippen LogP contribution in [0.25, 0.3) is 10.6 Å². The molecule has 1 aromatic carbocycles. The van der Waals surface area contributed by atoms with E-state index in [9.17, 15) is 14.3 Å². The average molecular weight is 291 g/mol. The number of halogens is 1. The van der Waals surface area contributed by atoms with Gasteiger partial charge in [-0.3, -0.25) is 4.79 Å². The van der Waals surface area contributed by atoms with E-state index < -0.39 is 11.9 Å². The number of aryl methyl sites for hydroxylation is 2. The van der Waals surface area contributed by atoms with Gasteiger partial charge in [-0.25, -0.2) is 9.37 Å². The van der Waals surface area contributed by atoms with Crippen LogP contribution in [0.5, 0.6) is 0 Å². The number of benzene rings is 1. The zero-order valence-corrected chi connectivity index (χ0v) is 11.8. The standard InChI is InChI=1S/C15H14FNO2S/c1-8-5-6-9(7-11(8)16)14-17-13-10(15(18)19)3-2-4-12(13)20-14/h5-7,10H,2-4H2,1H3,(H,18,19). The summed E-state index contributed by atoms with van der Waals surface area (Å²) in [5.74, 6) is -1.60. The van der Waals surface area contributed by atoms with Gasteiger partial charge in [0, 0.05) is 10.4 Å². The monoisotopic (exact) mass is 291 g/mol. The maximum Gasteiger partial charge on any atom is 0.312 e. The first kappa shape index (κ1) is 13.2. The molecule has 0 bridgehead atoms. The average Bonchev–Trinajstić information content (AvgIpc) is 2.85. The van der Waals surface area contributed by atoms with E-state index >= 15 is 0 Å². The minimum atomic E-state index is -0.821. The molecule has 0 amide bonds. The van der Waals surface area contributed by atoms with E-state index in [-0.39, 0.29) is 5.82 Å². The lowest BCUT2D eigenvalue weighted by molar-refractivity contribution is -0.139. The molecule has 104 valence electrons. The summed E-state index contributed by atoms with van der Waals surface area (Å²) >= 11 is 1.48. The van der Waals surface area contributed by atoms with Crippen LogP contribution in [0.3, 0.4) is 0 Å². The first-order chi connectivity index (χ1) is 9.56. The molecule has 5 heteroatoms. The summed E-state index contributed by atoms with van der Waals surface area (Å²) in [4.78, 5) is 16.8. The molecule has 1 N–H and O–H groups in total. The van der Waals surface area contributed by atoms with Crippen LogP contribution in [0.4, 0.5) is 4.39 Å². The molecule has 1 atom stereocenters. The van der Waals surface area contributed by atoms with Gasteiger partial charge in [0.25, 0.3) is 0 Å². The molecule has 0 aliphatic heterocycles. The van der Waals surface area contributed by atoms with Crippen LogP contribution < -0.4 is 0 Å². The fourth-order valence-electron chi connectivity index (χ4n) is 2.51. The Balaban J connectivity index is 2.04. The smallest absolute Gasteiger partial charge is 0.312 e. The highest BCUT2D eigenvalue weighted by Gasteiger charge is 2.30. The number of nitrogens with zero attached hydrogens (tertiary/aromatic N) is 1. The zero-order valence-electron chi connectivity index (χ0n) is 11.0. The Morgan fingerprint density at radius 1 is 1.50 bits per heavy atom. The third-order valence-corrected chi connectivity index (χ3v) is 4.85. The molecule has 0 saturated carbocycles. The summed E-state index contributed by atoms with van der Waals surface area (Å²) in [6.45, 7) is 1.71. The fraction of sp³-hybridized carbons (Fsp3) is 0.333. The van der Waals surface area contributed by atoms with Crippen LogP contribution in [-0.2, 0) is 11.2 Å². The summed E-state index contributed by atoms with van der Waals surface area (Å²) in [5, 5.41) is 9.96. The number of carboxylic acid groups (broad SMARTS) is 1. The Hall–Kier alpha value is -1.75. The lowest BCUT2D eigenvalue weighted by Crippen LogP contribution is -2.17. The lowest BCUT2D eigenvalue weighted by atomic mass is 9.91. The molecule has 2 aromatic rings. The van der Waals surface area contributed by atoms with E-state index in [0.29, 0.717) is 22.7 Å². The van der Waals surface area contributed by atoms with Crippen molar-refractivity contribution in [3.8, 4) is 10.6 Å². The topological polar surface area (TPSA) is 50.2 Å². The van der Waals surface area contributed by atoms with Crippen LogP contribution >= 0.6 is 11.3 Å². The minimum absolute atomic E-state index is 0.259. The van der Waals surface area contributed by atoms with Crippen LogP contribution in [0.1, 0.15) is 34.9 Å². The van der Waals surface area contributed by atoms with Crippen molar-refractivity contribution in [2.24, 2.45) is 0 Å². The van der Waals surface area contributed by atoms with Gasteiger partial charge in [0.1, 0.15) is 10.8 Å². The third-order valence-electron chi connectivity index (χ3n) is 3.67. The van der Waals surface area contributed by atoms with E-state index in [1.54, 1.807) is 13.0 Å². The second-order valence-electron chi connectivity index (χ2n) is 5.07. The lowest BCUT2D eigenvalue weighted by Gasteiger charge is -2.16. The predicted octanol–water partition coefficient (Wildman–Crippen LogP) is 3.76. The van der Waals surface area contributed by atoms with Crippen molar-refractivity contribution in [3.05, 3.63) is 40.2 Å². The largest absolute Gasteiger partial charge is 0.481 e. The number of hydrogen-bond donors (Lipinski definition) is 1. The minimum Gasteiger partial charge on any atom is -0.481 e. The van der Waals surface area contributed by atoms with Crippen molar-refractivity contribution in [1.82, 2.24) is 4.98 Å². The summed E-state index contributed by atoms with van der Waals surface area (Å²) < 4.78 is 13.6. The van der Waals surface area contributed by atoms with Gasteiger partial charge in [-0.1, -0.05) is 12.1 Å². The molecule has 3 rings (SSSR count). The van der Waals surface area contributed by atoms with Gasteiger partial charge in [0.15, 0.2) is 0 Å². The molecule has 3 nitrogen and oxygen atoms in total. The molecular formula is C15H14FNO2S. The van der Waals surface area contributed by atoms with Gasteiger partial charge in [-0.05, 0) is 37.8 Å². The number of carboxylic acids is 1. The van der Waals surface area contributed by atoms with Gasteiger partial charge in [0.05, 0.1) is 11.6 Å². The molecule has 1 aliphatic rings. The second kappa shape index (κ2) is 4.98. The van der Waals surface area contributed by atoms with Gasteiger partial charge in [0.2, 0.25) is 0 Å².